The van der Waals surface area contributed by atoms with Crippen molar-refractivity contribution in [2.24, 2.45) is 0 Å². The van der Waals surface area contributed by atoms with Crippen molar-refractivity contribution < 1.29 is 17.8 Å². The Balaban J connectivity index is 2.58. The highest BCUT2D eigenvalue weighted by atomic mass is 28.4. The van der Waals surface area contributed by atoms with Crippen LogP contribution < -0.4 is 4.57 Å². The van der Waals surface area contributed by atoms with Gasteiger partial charge in [-0.15, -0.1) is 0 Å². The summed E-state index contributed by atoms with van der Waals surface area (Å²) in [5, 5.41) is 0. The molecule has 0 spiro atoms. The molecule has 0 amide bonds. The van der Waals surface area contributed by atoms with E-state index in [1.165, 1.54) is 5.56 Å². The Kier molecular flexibility index (Phi) is 5.07. The minimum atomic E-state index is -2.43. The predicted octanol–water partition coefficient (Wildman–Crippen LogP) is 1.16. The Labute approximate surface area is 98.1 Å². The summed E-state index contributed by atoms with van der Waals surface area (Å²) in [5.41, 5.74) is 1.25. The van der Waals surface area contributed by atoms with E-state index >= 15 is 0 Å². The molecule has 0 aliphatic heterocycles. The van der Waals surface area contributed by atoms with Crippen LogP contribution in [0.3, 0.4) is 0 Å². The van der Waals surface area contributed by atoms with Gasteiger partial charge in [-0.3, -0.25) is 0 Å². The molecule has 0 N–H and O–H groups in total. The largest absolute Gasteiger partial charge is 0.506 e. The molecule has 1 aromatic rings. The zero-order chi connectivity index (χ0) is 12.0. The van der Waals surface area contributed by atoms with Gasteiger partial charge in [0.25, 0.3) is 0 Å². The van der Waals surface area contributed by atoms with E-state index in [4.69, 9.17) is 13.3 Å². The molecule has 0 atom stereocenters. The number of hydrogen-bond donors (Lipinski definition) is 0. The number of nitrogens with zero attached hydrogens (tertiary/aromatic N) is 1. The maximum absolute atomic E-state index is 5.36. The second-order valence-corrected chi connectivity index (χ2v) is 6.75. The summed E-state index contributed by atoms with van der Waals surface area (Å²) in [6, 6.07) is 4.93. The molecule has 0 aliphatic rings. The average molecular weight is 242 g/mol. The normalized spacial score (nSPS) is 11.8. The second kappa shape index (κ2) is 6.10. The summed E-state index contributed by atoms with van der Waals surface area (Å²) in [5.74, 6) is 0. The average Bonchev–Trinajstić information content (AvgIpc) is 2.34. The topological polar surface area (TPSA) is 31.6 Å². The molecular formula is C11H20NO3Si+. The monoisotopic (exact) mass is 242 g/mol. The van der Waals surface area contributed by atoms with Crippen LogP contribution in [0.5, 0.6) is 0 Å². The lowest BCUT2D eigenvalue weighted by atomic mass is 10.3. The Morgan fingerprint density at radius 3 is 2.00 bits per heavy atom. The number of hydrogen-bond acceptors (Lipinski definition) is 3. The van der Waals surface area contributed by atoms with Crippen LogP contribution in [0.15, 0.2) is 24.5 Å². The number of aryl methyl sites for hydroxylation is 2. The van der Waals surface area contributed by atoms with E-state index in [0.29, 0.717) is 0 Å². The standard InChI is InChI=1S/C11H20NO3Si/c1-11-5-7-12(8-6-11)9-10-16(13-2,14-3)15-4/h5-8H,9-10H2,1-4H3/q+1. The second-order valence-electron chi connectivity index (χ2n) is 3.66. The predicted molar refractivity (Wildman–Crippen MR) is 63.0 cm³/mol. The molecule has 0 fully saturated rings. The summed E-state index contributed by atoms with van der Waals surface area (Å²) in [4.78, 5) is 0. The molecular weight excluding hydrogens is 222 g/mol. The molecule has 0 aliphatic carbocycles. The zero-order valence-electron chi connectivity index (χ0n) is 10.4. The van der Waals surface area contributed by atoms with Gasteiger partial charge in [-0.2, -0.15) is 0 Å². The van der Waals surface area contributed by atoms with Gasteiger partial charge in [0.1, 0.15) is 0 Å². The zero-order valence-corrected chi connectivity index (χ0v) is 11.4. The Bertz CT molecular complexity index is 303. The molecule has 0 saturated heterocycles. The third kappa shape index (κ3) is 3.38. The summed E-state index contributed by atoms with van der Waals surface area (Å²) in [6.07, 6.45) is 4.10. The molecule has 0 aromatic carbocycles. The van der Waals surface area contributed by atoms with E-state index in [9.17, 15) is 0 Å². The fraction of sp³-hybridized carbons (Fsp3) is 0.545. The van der Waals surface area contributed by atoms with Crippen LogP contribution in [-0.2, 0) is 19.8 Å². The van der Waals surface area contributed by atoms with E-state index in [2.05, 4.69) is 36.0 Å². The lowest BCUT2D eigenvalue weighted by Crippen LogP contribution is -2.47. The Morgan fingerprint density at radius 1 is 1.06 bits per heavy atom. The first-order valence-electron chi connectivity index (χ1n) is 5.27. The molecule has 1 aromatic heterocycles. The van der Waals surface area contributed by atoms with Crippen molar-refractivity contribution in [3.05, 3.63) is 30.1 Å². The highest BCUT2D eigenvalue weighted by Gasteiger charge is 2.38. The maximum Gasteiger partial charge on any atom is 0.506 e. The van der Waals surface area contributed by atoms with Crippen LogP contribution in [0.4, 0.5) is 0 Å². The molecule has 0 radical (unpaired) electrons. The Morgan fingerprint density at radius 2 is 1.56 bits per heavy atom. The van der Waals surface area contributed by atoms with Gasteiger partial charge >= 0.3 is 8.80 Å². The first kappa shape index (κ1) is 13.3. The van der Waals surface area contributed by atoms with Crippen LogP contribution in [0.2, 0.25) is 6.04 Å². The van der Waals surface area contributed by atoms with Crippen LogP contribution in [0, 0.1) is 6.92 Å². The third-order valence-electron chi connectivity index (χ3n) is 2.67. The van der Waals surface area contributed by atoms with Gasteiger partial charge in [0.2, 0.25) is 0 Å². The van der Waals surface area contributed by atoms with Crippen molar-refractivity contribution in [2.45, 2.75) is 19.5 Å². The van der Waals surface area contributed by atoms with E-state index in [-0.39, 0.29) is 0 Å². The van der Waals surface area contributed by atoms with Gasteiger partial charge in [-0.25, -0.2) is 4.57 Å². The van der Waals surface area contributed by atoms with E-state index in [1.54, 1.807) is 21.3 Å². The van der Waals surface area contributed by atoms with Crippen molar-refractivity contribution in [3.8, 4) is 0 Å². The van der Waals surface area contributed by atoms with Gasteiger partial charge in [0.05, 0.1) is 6.04 Å². The number of aromatic nitrogens is 1. The van der Waals surface area contributed by atoms with Crippen molar-refractivity contribution in [1.82, 2.24) is 0 Å². The SMILES string of the molecule is CO[Si](CC[n+]1ccc(C)cc1)(OC)OC. The van der Waals surface area contributed by atoms with Gasteiger partial charge < -0.3 is 13.3 Å². The van der Waals surface area contributed by atoms with Crippen LogP contribution in [0.25, 0.3) is 0 Å². The summed E-state index contributed by atoms with van der Waals surface area (Å²) < 4.78 is 18.2. The molecule has 16 heavy (non-hydrogen) atoms. The summed E-state index contributed by atoms with van der Waals surface area (Å²) in [7, 11) is 2.48. The molecule has 0 saturated carbocycles. The molecule has 0 bridgehead atoms. The highest BCUT2D eigenvalue weighted by molar-refractivity contribution is 6.60. The molecule has 1 heterocycles. The van der Waals surface area contributed by atoms with E-state index < -0.39 is 8.80 Å². The van der Waals surface area contributed by atoms with Crippen LogP contribution >= 0.6 is 0 Å². The van der Waals surface area contributed by atoms with E-state index in [0.717, 1.165) is 12.6 Å². The minimum Gasteiger partial charge on any atom is -0.377 e. The quantitative estimate of drug-likeness (QED) is 0.554. The Hall–Kier alpha value is -0.753. The lowest BCUT2D eigenvalue weighted by molar-refractivity contribution is -0.694. The molecule has 0 unspecified atom stereocenters. The highest BCUT2D eigenvalue weighted by Crippen LogP contribution is 2.11. The minimum absolute atomic E-state index is 0.768. The van der Waals surface area contributed by atoms with Crippen LogP contribution in [0.1, 0.15) is 5.56 Å². The van der Waals surface area contributed by atoms with Crippen molar-refractivity contribution in [2.75, 3.05) is 21.3 Å². The molecule has 4 nitrogen and oxygen atoms in total. The summed E-state index contributed by atoms with van der Waals surface area (Å²) >= 11 is 0. The number of pyridine rings is 1. The smallest absolute Gasteiger partial charge is 0.377 e. The van der Waals surface area contributed by atoms with E-state index in [1.807, 2.05) is 0 Å². The molecule has 90 valence electrons. The van der Waals surface area contributed by atoms with Gasteiger partial charge in [-0.05, 0) is 12.5 Å². The fourth-order valence-corrected chi connectivity index (χ4v) is 3.15. The van der Waals surface area contributed by atoms with Crippen LogP contribution in [-0.4, -0.2) is 30.1 Å². The fourth-order valence-electron chi connectivity index (χ4n) is 1.50. The van der Waals surface area contributed by atoms with Crippen molar-refractivity contribution >= 4 is 8.80 Å². The lowest BCUT2D eigenvalue weighted by Gasteiger charge is -2.22. The number of rotatable bonds is 6. The first-order chi connectivity index (χ1) is 7.65. The van der Waals surface area contributed by atoms with Crippen molar-refractivity contribution in [3.63, 3.8) is 0 Å². The van der Waals surface area contributed by atoms with Crippen molar-refractivity contribution in [1.29, 1.82) is 0 Å². The molecule has 1 rings (SSSR count). The maximum atomic E-state index is 5.36. The van der Waals surface area contributed by atoms with Gasteiger partial charge in [-0.1, -0.05) is 0 Å². The first-order valence-corrected chi connectivity index (χ1v) is 7.20. The van der Waals surface area contributed by atoms with Gasteiger partial charge in [0.15, 0.2) is 18.9 Å². The molecule has 5 heteroatoms. The summed E-state index contributed by atoms with van der Waals surface area (Å²) in [6.45, 7) is 2.91. The van der Waals surface area contributed by atoms with Gasteiger partial charge in [0, 0.05) is 33.5 Å². The third-order valence-corrected chi connectivity index (χ3v) is 5.37.